The molecule has 1 aliphatic heterocycles. The van der Waals surface area contributed by atoms with Crippen molar-refractivity contribution in [3.8, 4) is 5.75 Å². The lowest BCUT2D eigenvalue weighted by Crippen LogP contribution is -2.51. The monoisotopic (exact) mass is 488 g/mol. The van der Waals surface area contributed by atoms with Gasteiger partial charge in [0.1, 0.15) is 12.4 Å². The molecule has 9 nitrogen and oxygen atoms in total. The van der Waals surface area contributed by atoms with E-state index in [2.05, 4.69) is 10.6 Å². The number of hydrogen-bond acceptors (Lipinski definition) is 5. The fourth-order valence-electron chi connectivity index (χ4n) is 4.38. The van der Waals surface area contributed by atoms with E-state index in [4.69, 9.17) is 9.47 Å². The Morgan fingerprint density at radius 3 is 2.57 bits per heavy atom. The molecule has 194 valence electrons. The summed E-state index contributed by atoms with van der Waals surface area (Å²) in [5.41, 5.74) is 1.00. The smallest absolute Gasteiger partial charge is 0.317 e. The lowest BCUT2D eigenvalue weighted by atomic mass is 9.85. The first kappa shape index (κ1) is 26.8. The maximum Gasteiger partial charge on any atom is 0.317 e. The number of amides is 4. The molecule has 2 N–H and O–H groups in total. The van der Waals surface area contributed by atoms with Crippen LogP contribution < -0.4 is 15.4 Å². The molecule has 2 aliphatic rings. The molecule has 1 saturated carbocycles. The quantitative estimate of drug-likeness (QED) is 0.662. The minimum atomic E-state index is -0.250. The van der Waals surface area contributed by atoms with Gasteiger partial charge in [-0.2, -0.15) is 0 Å². The number of methoxy groups -OCH3 is 1. The lowest BCUT2D eigenvalue weighted by molar-refractivity contribution is -0.122. The van der Waals surface area contributed by atoms with E-state index in [9.17, 15) is 14.4 Å². The topological polar surface area (TPSA) is 100 Å². The van der Waals surface area contributed by atoms with Gasteiger partial charge in [-0.1, -0.05) is 20.3 Å². The summed E-state index contributed by atoms with van der Waals surface area (Å²) in [6, 6.07) is 4.74. The number of fused-ring (bicyclic) bond motifs is 1. The van der Waals surface area contributed by atoms with Crippen LogP contribution in [0.25, 0.3) is 0 Å². The second-order valence-electron chi connectivity index (χ2n) is 9.81. The number of anilines is 1. The maximum atomic E-state index is 13.3. The van der Waals surface area contributed by atoms with Gasteiger partial charge in [-0.25, -0.2) is 4.79 Å². The Kier molecular flexibility index (Phi) is 9.37. The van der Waals surface area contributed by atoms with Crippen LogP contribution in [0.15, 0.2) is 18.2 Å². The number of carbonyl (C=O) groups is 3. The fourth-order valence-corrected chi connectivity index (χ4v) is 4.38. The van der Waals surface area contributed by atoms with Crippen molar-refractivity contribution in [1.29, 1.82) is 0 Å². The van der Waals surface area contributed by atoms with Gasteiger partial charge in [-0.05, 0) is 38.3 Å². The molecule has 3 rings (SSSR count). The summed E-state index contributed by atoms with van der Waals surface area (Å²) < 4.78 is 11.9. The number of likely N-dealkylation sites (N-methyl/N-ethyl adjacent to an activating group) is 1. The SMILES string of the molecule is CCCNC(=O)N1C[C@@H](C)[C@@H](OC)CN(C)C(=O)c2ccc(NC(=O)C3CCC3)cc2OC[C@@H]1C. The summed E-state index contributed by atoms with van der Waals surface area (Å²) in [5, 5.41) is 5.92. The highest BCUT2D eigenvalue weighted by Crippen LogP contribution is 2.30. The molecule has 0 aromatic heterocycles. The van der Waals surface area contributed by atoms with E-state index in [1.807, 2.05) is 20.8 Å². The highest BCUT2D eigenvalue weighted by atomic mass is 16.5. The third kappa shape index (κ3) is 6.66. The van der Waals surface area contributed by atoms with E-state index in [1.54, 1.807) is 42.2 Å². The van der Waals surface area contributed by atoms with E-state index >= 15 is 0 Å². The minimum absolute atomic E-state index is 0.00291. The number of ether oxygens (including phenoxy) is 2. The average Bonchev–Trinajstić information content (AvgIpc) is 2.80. The molecule has 0 unspecified atom stereocenters. The third-order valence-electron chi connectivity index (χ3n) is 6.98. The Balaban J connectivity index is 1.90. The molecule has 0 spiro atoms. The molecule has 0 saturated heterocycles. The minimum Gasteiger partial charge on any atom is -0.491 e. The van der Waals surface area contributed by atoms with Gasteiger partial charge in [0.15, 0.2) is 0 Å². The Bertz CT molecular complexity index is 904. The van der Waals surface area contributed by atoms with Crippen LogP contribution in [0, 0.1) is 11.8 Å². The molecule has 1 heterocycles. The summed E-state index contributed by atoms with van der Waals surface area (Å²) in [5.74, 6) is 0.242. The number of urea groups is 1. The second kappa shape index (κ2) is 12.2. The van der Waals surface area contributed by atoms with Crippen LogP contribution in [-0.2, 0) is 9.53 Å². The van der Waals surface area contributed by atoms with Crippen molar-refractivity contribution in [3.63, 3.8) is 0 Å². The fraction of sp³-hybridized carbons (Fsp3) is 0.654. The molecule has 1 aromatic rings. The van der Waals surface area contributed by atoms with E-state index in [0.29, 0.717) is 36.6 Å². The van der Waals surface area contributed by atoms with Gasteiger partial charge < -0.3 is 29.9 Å². The number of rotatable bonds is 5. The van der Waals surface area contributed by atoms with E-state index in [0.717, 1.165) is 25.7 Å². The van der Waals surface area contributed by atoms with Crippen LogP contribution in [0.4, 0.5) is 10.5 Å². The third-order valence-corrected chi connectivity index (χ3v) is 6.98. The van der Waals surface area contributed by atoms with E-state index in [1.165, 1.54) is 0 Å². The molecule has 4 amide bonds. The molecule has 3 atom stereocenters. The molecule has 1 aliphatic carbocycles. The van der Waals surface area contributed by atoms with E-state index in [-0.39, 0.29) is 48.4 Å². The van der Waals surface area contributed by atoms with Crippen molar-refractivity contribution in [2.75, 3.05) is 45.7 Å². The van der Waals surface area contributed by atoms with Crippen LogP contribution in [0.1, 0.15) is 56.8 Å². The highest BCUT2D eigenvalue weighted by molar-refractivity contribution is 5.99. The Morgan fingerprint density at radius 1 is 1.20 bits per heavy atom. The largest absolute Gasteiger partial charge is 0.491 e. The molecular formula is C26H40N4O5. The first-order valence-electron chi connectivity index (χ1n) is 12.7. The summed E-state index contributed by atoms with van der Waals surface area (Å²) in [4.78, 5) is 42.1. The summed E-state index contributed by atoms with van der Waals surface area (Å²) in [6.45, 7) is 7.60. The molecular weight excluding hydrogens is 448 g/mol. The van der Waals surface area contributed by atoms with Crippen molar-refractivity contribution in [3.05, 3.63) is 23.8 Å². The standard InChI is InChI=1S/C26H40N4O5/c1-6-12-27-26(33)30-14-17(2)23(34-5)15-29(4)25(32)21-11-10-20(13-22(21)35-16-18(30)3)28-24(31)19-8-7-9-19/h10-11,13,17-19,23H,6-9,12,14-16H2,1-5H3,(H,27,33)(H,28,31)/t17-,18+,23+/m1/s1. The highest BCUT2D eigenvalue weighted by Gasteiger charge is 2.31. The Morgan fingerprint density at radius 2 is 1.94 bits per heavy atom. The number of carbonyl (C=O) groups excluding carboxylic acids is 3. The van der Waals surface area contributed by atoms with Gasteiger partial charge in [0.25, 0.3) is 5.91 Å². The molecule has 9 heteroatoms. The number of nitrogens with one attached hydrogen (secondary N) is 2. The Hall–Kier alpha value is -2.81. The van der Waals surface area contributed by atoms with Crippen LogP contribution >= 0.6 is 0 Å². The van der Waals surface area contributed by atoms with Crippen molar-refractivity contribution in [2.45, 2.75) is 58.6 Å². The van der Waals surface area contributed by atoms with E-state index < -0.39 is 0 Å². The van der Waals surface area contributed by atoms with Gasteiger partial charge in [0, 0.05) is 57.4 Å². The normalized spacial score (nSPS) is 23.8. The first-order valence-corrected chi connectivity index (χ1v) is 12.7. The van der Waals surface area contributed by atoms with Gasteiger partial charge >= 0.3 is 6.03 Å². The molecule has 1 aromatic carbocycles. The second-order valence-corrected chi connectivity index (χ2v) is 9.81. The maximum absolute atomic E-state index is 13.3. The van der Waals surface area contributed by atoms with Crippen molar-refractivity contribution in [1.82, 2.24) is 15.1 Å². The van der Waals surface area contributed by atoms with Gasteiger partial charge in [-0.15, -0.1) is 0 Å². The number of benzene rings is 1. The predicted molar refractivity (Wildman–Crippen MR) is 135 cm³/mol. The van der Waals surface area contributed by atoms with Crippen LogP contribution in [0.5, 0.6) is 5.75 Å². The molecule has 1 fully saturated rings. The average molecular weight is 489 g/mol. The Labute approximate surface area is 208 Å². The van der Waals surface area contributed by atoms with Crippen LogP contribution in [0.3, 0.4) is 0 Å². The van der Waals surface area contributed by atoms with Gasteiger partial charge in [0.2, 0.25) is 5.91 Å². The zero-order valence-corrected chi connectivity index (χ0v) is 21.6. The summed E-state index contributed by atoms with van der Waals surface area (Å²) in [6.07, 6.45) is 3.48. The van der Waals surface area contributed by atoms with Crippen LogP contribution in [0.2, 0.25) is 0 Å². The first-order chi connectivity index (χ1) is 16.7. The van der Waals surface area contributed by atoms with Gasteiger partial charge in [0.05, 0.1) is 17.7 Å². The predicted octanol–water partition coefficient (Wildman–Crippen LogP) is 3.35. The summed E-state index contributed by atoms with van der Waals surface area (Å²) >= 11 is 0. The van der Waals surface area contributed by atoms with Gasteiger partial charge in [-0.3, -0.25) is 9.59 Å². The van der Waals surface area contributed by atoms with Crippen molar-refractivity contribution < 1.29 is 23.9 Å². The number of hydrogen-bond donors (Lipinski definition) is 2. The zero-order valence-electron chi connectivity index (χ0n) is 21.6. The number of nitrogens with zero attached hydrogens (tertiary/aromatic N) is 2. The van der Waals surface area contributed by atoms with Crippen molar-refractivity contribution in [2.24, 2.45) is 11.8 Å². The summed E-state index contributed by atoms with van der Waals surface area (Å²) in [7, 11) is 3.36. The zero-order chi connectivity index (χ0) is 25.5. The lowest BCUT2D eigenvalue weighted by Gasteiger charge is -2.36. The van der Waals surface area contributed by atoms with Crippen molar-refractivity contribution >= 4 is 23.5 Å². The van der Waals surface area contributed by atoms with Crippen LogP contribution in [-0.4, -0.2) is 80.2 Å². The molecule has 0 radical (unpaired) electrons. The molecule has 0 bridgehead atoms. The molecule has 35 heavy (non-hydrogen) atoms.